The van der Waals surface area contributed by atoms with Crippen LogP contribution in [0.5, 0.6) is 5.75 Å². The molecular formula is C12H10N4O3. The summed E-state index contributed by atoms with van der Waals surface area (Å²) in [5.41, 5.74) is 0.603. The molecule has 3 aromatic heterocycles. The Morgan fingerprint density at radius 1 is 1.42 bits per heavy atom. The number of fused-ring (bicyclic) bond motifs is 1. The molecule has 0 aromatic carbocycles. The minimum atomic E-state index is -1.07. The lowest BCUT2D eigenvalue weighted by molar-refractivity contribution is 0.0689. The number of hydrogen-bond acceptors (Lipinski definition) is 4. The number of aromatic nitrogens is 4. The SMILES string of the molecule is COc1cnn(-c2nc3ccccn3c2C(=O)O)c1. The van der Waals surface area contributed by atoms with Gasteiger partial charge in [-0.1, -0.05) is 6.07 Å². The van der Waals surface area contributed by atoms with Gasteiger partial charge in [-0.05, 0) is 12.1 Å². The first kappa shape index (κ1) is 11.3. The molecule has 0 bridgehead atoms. The second-order valence-corrected chi connectivity index (χ2v) is 3.84. The van der Waals surface area contributed by atoms with E-state index in [1.807, 2.05) is 0 Å². The number of pyridine rings is 1. The van der Waals surface area contributed by atoms with Gasteiger partial charge in [0, 0.05) is 6.20 Å². The van der Waals surface area contributed by atoms with Crippen LogP contribution in [-0.4, -0.2) is 37.4 Å². The van der Waals surface area contributed by atoms with Crippen molar-refractivity contribution in [2.45, 2.75) is 0 Å². The van der Waals surface area contributed by atoms with Crippen molar-refractivity contribution in [1.29, 1.82) is 0 Å². The molecule has 7 nitrogen and oxygen atoms in total. The fraction of sp³-hybridized carbons (Fsp3) is 0.0833. The summed E-state index contributed by atoms with van der Waals surface area (Å²) < 4.78 is 7.92. The van der Waals surface area contributed by atoms with Crippen LogP contribution in [0.3, 0.4) is 0 Å². The molecule has 0 saturated carbocycles. The molecular weight excluding hydrogens is 248 g/mol. The Bertz CT molecular complexity index is 759. The van der Waals surface area contributed by atoms with Crippen LogP contribution >= 0.6 is 0 Å². The van der Waals surface area contributed by atoms with Gasteiger partial charge in [-0.15, -0.1) is 0 Å². The zero-order chi connectivity index (χ0) is 13.4. The smallest absolute Gasteiger partial charge is 0.356 e. The number of ether oxygens (including phenoxy) is 1. The summed E-state index contributed by atoms with van der Waals surface area (Å²) in [6, 6.07) is 5.27. The zero-order valence-corrected chi connectivity index (χ0v) is 10.0. The van der Waals surface area contributed by atoms with E-state index in [9.17, 15) is 9.90 Å². The third-order valence-corrected chi connectivity index (χ3v) is 2.73. The number of nitrogens with zero attached hydrogens (tertiary/aromatic N) is 4. The van der Waals surface area contributed by atoms with Crippen molar-refractivity contribution in [2.24, 2.45) is 0 Å². The van der Waals surface area contributed by atoms with Gasteiger partial charge in [0.1, 0.15) is 5.65 Å². The number of rotatable bonds is 3. The van der Waals surface area contributed by atoms with Crippen LogP contribution in [0.1, 0.15) is 10.5 Å². The van der Waals surface area contributed by atoms with Gasteiger partial charge in [0.2, 0.25) is 0 Å². The van der Waals surface area contributed by atoms with Crippen LogP contribution in [-0.2, 0) is 0 Å². The first-order valence-corrected chi connectivity index (χ1v) is 5.50. The number of imidazole rings is 1. The average Bonchev–Trinajstić information content (AvgIpc) is 3.02. The zero-order valence-electron chi connectivity index (χ0n) is 10.0. The Kier molecular flexibility index (Phi) is 2.45. The van der Waals surface area contributed by atoms with Crippen LogP contribution in [0.25, 0.3) is 11.5 Å². The molecule has 0 atom stereocenters. The van der Waals surface area contributed by atoms with Crippen LogP contribution < -0.4 is 4.74 Å². The molecule has 0 aliphatic carbocycles. The van der Waals surface area contributed by atoms with E-state index in [4.69, 9.17) is 4.74 Å². The lowest BCUT2D eigenvalue weighted by Gasteiger charge is -1.99. The molecule has 0 radical (unpaired) electrons. The van der Waals surface area contributed by atoms with E-state index < -0.39 is 5.97 Å². The van der Waals surface area contributed by atoms with Gasteiger partial charge < -0.3 is 9.84 Å². The van der Waals surface area contributed by atoms with Crippen LogP contribution in [0.2, 0.25) is 0 Å². The molecule has 1 N–H and O–H groups in total. The number of carbonyl (C=O) groups is 1. The van der Waals surface area contributed by atoms with Gasteiger partial charge in [0.15, 0.2) is 17.3 Å². The third kappa shape index (κ3) is 1.71. The molecule has 0 unspecified atom stereocenters. The minimum absolute atomic E-state index is 0.0568. The van der Waals surface area contributed by atoms with Crippen molar-refractivity contribution in [3.63, 3.8) is 0 Å². The quantitative estimate of drug-likeness (QED) is 0.764. The maximum Gasteiger partial charge on any atom is 0.356 e. The van der Waals surface area contributed by atoms with Crippen molar-refractivity contribution in [3.05, 3.63) is 42.5 Å². The molecule has 0 fully saturated rings. The highest BCUT2D eigenvalue weighted by Crippen LogP contribution is 2.18. The second kappa shape index (κ2) is 4.13. The minimum Gasteiger partial charge on any atom is -0.493 e. The molecule has 3 heterocycles. The number of carboxylic acid groups (broad SMARTS) is 1. The highest BCUT2D eigenvalue weighted by molar-refractivity contribution is 5.90. The Hall–Kier alpha value is -2.83. The van der Waals surface area contributed by atoms with E-state index in [-0.39, 0.29) is 11.5 Å². The summed E-state index contributed by atoms with van der Waals surface area (Å²) in [7, 11) is 1.52. The first-order valence-electron chi connectivity index (χ1n) is 5.50. The summed E-state index contributed by atoms with van der Waals surface area (Å²) in [5.74, 6) is -0.279. The molecule has 3 rings (SSSR count). The summed E-state index contributed by atoms with van der Waals surface area (Å²) in [5, 5.41) is 13.4. The lowest BCUT2D eigenvalue weighted by Crippen LogP contribution is -2.07. The molecule has 3 aromatic rings. The van der Waals surface area contributed by atoms with E-state index in [1.165, 1.54) is 22.4 Å². The standard InChI is InChI=1S/C12H10N4O3/c1-19-8-6-13-16(7-8)11-10(12(17)18)15-5-3-2-4-9(15)14-11/h2-7H,1H3,(H,17,18). The highest BCUT2D eigenvalue weighted by Gasteiger charge is 2.20. The van der Waals surface area contributed by atoms with E-state index in [2.05, 4.69) is 10.1 Å². The molecule has 7 heteroatoms. The monoisotopic (exact) mass is 258 g/mol. The van der Waals surface area contributed by atoms with Crippen molar-refractivity contribution >= 4 is 11.6 Å². The fourth-order valence-corrected chi connectivity index (χ4v) is 1.87. The predicted molar refractivity (Wildman–Crippen MR) is 65.8 cm³/mol. The molecule has 96 valence electrons. The van der Waals surface area contributed by atoms with E-state index in [0.717, 1.165) is 0 Å². The summed E-state index contributed by atoms with van der Waals surface area (Å²) in [6.07, 6.45) is 4.72. The van der Waals surface area contributed by atoms with E-state index >= 15 is 0 Å². The second-order valence-electron chi connectivity index (χ2n) is 3.84. The highest BCUT2D eigenvalue weighted by atomic mass is 16.5. The third-order valence-electron chi connectivity index (χ3n) is 2.73. The normalized spacial score (nSPS) is 10.8. The van der Waals surface area contributed by atoms with Gasteiger partial charge in [-0.2, -0.15) is 5.10 Å². The molecule has 0 aliphatic heterocycles. The van der Waals surface area contributed by atoms with Crippen molar-refractivity contribution in [3.8, 4) is 11.6 Å². The number of methoxy groups -OCH3 is 1. The lowest BCUT2D eigenvalue weighted by atomic mass is 10.4. The molecule has 0 spiro atoms. The fourth-order valence-electron chi connectivity index (χ4n) is 1.87. The van der Waals surface area contributed by atoms with Gasteiger partial charge >= 0.3 is 5.97 Å². The Balaban J connectivity index is 2.27. The van der Waals surface area contributed by atoms with Crippen molar-refractivity contribution in [2.75, 3.05) is 7.11 Å². The van der Waals surface area contributed by atoms with Gasteiger partial charge in [-0.25, -0.2) is 14.5 Å². The maximum atomic E-state index is 11.4. The number of hydrogen-bond donors (Lipinski definition) is 1. The van der Waals surface area contributed by atoms with Gasteiger partial charge in [0.05, 0.1) is 19.5 Å². The van der Waals surface area contributed by atoms with Gasteiger partial charge in [-0.3, -0.25) is 4.40 Å². The Morgan fingerprint density at radius 3 is 2.95 bits per heavy atom. The van der Waals surface area contributed by atoms with E-state index in [0.29, 0.717) is 11.4 Å². The summed E-state index contributed by atoms with van der Waals surface area (Å²) in [4.78, 5) is 15.7. The van der Waals surface area contributed by atoms with Crippen molar-refractivity contribution < 1.29 is 14.6 Å². The van der Waals surface area contributed by atoms with Crippen LogP contribution in [0.4, 0.5) is 0 Å². The van der Waals surface area contributed by atoms with E-state index in [1.54, 1.807) is 30.6 Å². The Labute approximate surface area is 107 Å². The topological polar surface area (TPSA) is 81.6 Å². The maximum absolute atomic E-state index is 11.4. The largest absolute Gasteiger partial charge is 0.493 e. The number of aromatic carboxylic acids is 1. The molecule has 0 amide bonds. The Morgan fingerprint density at radius 2 is 2.26 bits per heavy atom. The molecule has 0 saturated heterocycles. The first-order chi connectivity index (χ1) is 9.20. The molecule has 19 heavy (non-hydrogen) atoms. The van der Waals surface area contributed by atoms with Crippen molar-refractivity contribution in [1.82, 2.24) is 19.2 Å². The van der Waals surface area contributed by atoms with Gasteiger partial charge in [0.25, 0.3) is 0 Å². The summed E-state index contributed by atoms with van der Waals surface area (Å²) in [6.45, 7) is 0. The molecule has 0 aliphatic rings. The summed E-state index contributed by atoms with van der Waals surface area (Å²) >= 11 is 0. The van der Waals surface area contributed by atoms with Crippen LogP contribution in [0, 0.1) is 0 Å². The van der Waals surface area contributed by atoms with Crippen LogP contribution in [0.15, 0.2) is 36.8 Å². The number of carboxylic acids is 1. The average molecular weight is 258 g/mol. The predicted octanol–water partition coefficient (Wildman–Crippen LogP) is 1.23.